The van der Waals surface area contributed by atoms with Gasteiger partial charge in [0.2, 0.25) is 10.0 Å². The average molecular weight is 330 g/mol. The number of pyridine rings is 1. The van der Waals surface area contributed by atoms with Crippen molar-refractivity contribution >= 4 is 20.9 Å². The number of fused-ring (bicyclic) bond motifs is 1. The van der Waals surface area contributed by atoms with E-state index in [0.29, 0.717) is 17.2 Å². The van der Waals surface area contributed by atoms with Crippen LogP contribution in [0.4, 0.5) is 0 Å². The first-order chi connectivity index (χ1) is 11.0. The third kappa shape index (κ3) is 3.25. The van der Waals surface area contributed by atoms with Crippen LogP contribution in [0.5, 0.6) is 17.2 Å². The number of methoxy groups -OCH3 is 1. The van der Waals surface area contributed by atoms with Crippen molar-refractivity contribution in [2.75, 3.05) is 7.11 Å². The SMILES string of the molecule is COc1ccc2c(Oc3ccc(S(N)(=O)=O)cc3)ccnc2c1. The summed E-state index contributed by atoms with van der Waals surface area (Å²) >= 11 is 0. The predicted octanol–water partition coefficient (Wildman–Crippen LogP) is 2.68. The van der Waals surface area contributed by atoms with Gasteiger partial charge in [0.25, 0.3) is 0 Å². The van der Waals surface area contributed by atoms with Gasteiger partial charge >= 0.3 is 0 Å². The molecule has 0 amide bonds. The zero-order valence-electron chi connectivity index (χ0n) is 12.3. The molecule has 7 heteroatoms. The summed E-state index contributed by atoms with van der Waals surface area (Å²) in [6.07, 6.45) is 1.63. The van der Waals surface area contributed by atoms with Crippen molar-refractivity contribution in [3.05, 3.63) is 54.7 Å². The molecule has 118 valence electrons. The van der Waals surface area contributed by atoms with Crippen LogP contribution in [0.25, 0.3) is 10.9 Å². The van der Waals surface area contributed by atoms with E-state index in [1.807, 2.05) is 18.2 Å². The topological polar surface area (TPSA) is 91.5 Å². The van der Waals surface area contributed by atoms with E-state index in [0.717, 1.165) is 10.9 Å². The Morgan fingerprint density at radius 1 is 1.00 bits per heavy atom. The van der Waals surface area contributed by atoms with Gasteiger partial charge in [-0.15, -0.1) is 0 Å². The van der Waals surface area contributed by atoms with Gasteiger partial charge in [-0.1, -0.05) is 0 Å². The summed E-state index contributed by atoms with van der Waals surface area (Å²) in [5.74, 6) is 1.82. The van der Waals surface area contributed by atoms with Crippen molar-refractivity contribution in [2.24, 2.45) is 5.14 Å². The Labute approximate surface area is 133 Å². The monoisotopic (exact) mass is 330 g/mol. The molecule has 6 nitrogen and oxygen atoms in total. The minimum Gasteiger partial charge on any atom is -0.497 e. The number of nitrogens with two attached hydrogens (primary N) is 1. The molecule has 1 heterocycles. The van der Waals surface area contributed by atoms with Crippen LogP contribution >= 0.6 is 0 Å². The van der Waals surface area contributed by atoms with E-state index in [9.17, 15) is 8.42 Å². The number of hydrogen-bond acceptors (Lipinski definition) is 5. The zero-order valence-corrected chi connectivity index (χ0v) is 13.1. The summed E-state index contributed by atoms with van der Waals surface area (Å²) in [6.45, 7) is 0. The summed E-state index contributed by atoms with van der Waals surface area (Å²) in [4.78, 5) is 4.32. The highest BCUT2D eigenvalue weighted by Gasteiger charge is 2.09. The van der Waals surface area contributed by atoms with Gasteiger partial charge in [0.05, 0.1) is 17.5 Å². The van der Waals surface area contributed by atoms with Crippen molar-refractivity contribution in [1.82, 2.24) is 4.98 Å². The maximum atomic E-state index is 11.3. The van der Waals surface area contributed by atoms with Crippen LogP contribution in [0.15, 0.2) is 59.6 Å². The van der Waals surface area contributed by atoms with Crippen molar-refractivity contribution < 1.29 is 17.9 Å². The van der Waals surface area contributed by atoms with E-state index in [1.165, 1.54) is 12.1 Å². The highest BCUT2D eigenvalue weighted by atomic mass is 32.2. The van der Waals surface area contributed by atoms with Crippen LogP contribution < -0.4 is 14.6 Å². The lowest BCUT2D eigenvalue weighted by Gasteiger charge is -2.09. The number of benzene rings is 2. The van der Waals surface area contributed by atoms with E-state index < -0.39 is 10.0 Å². The Balaban J connectivity index is 1.95. The smallest absolute Gasteiger partial charge is 0.238 e. The predicted molar refractivity (Wildman–Crippen MR) is 86.2 cm³/mol. The van der Waals surface area contributed by atoms with Crippen LogP contribution in [0.3, 0.4) is 0 Å². The van der Waals surface area contributed by atoms with Gasteiger partial charge in [0, 0.05) is 17.6 Å². The molecule has 0 unspecified atom stereocenters. The van der Waals surface area contributed by atoms with Gasteiger partial charge in [-0.2, -0.15) is 0 Å². The zero-order chi connectivity index (χ0) is 16.4. The second kappa shape index (κ2) is 5.86. The van der Waals surface area contributed by atoms with Gasteiger partial charge in [0.1, 0.15) is 17.2 Å². The van der Waals surface area contributed by atoms with Gasteiger partial charge in [-0.25, -0.2) is 13.6 Å². The number of rotatable bonds is 4. The molecular formula is C16H14N2O4S. The van der Waals surface area contributed by atoms with Crippen molar-refractivity contribution in [2.45, 2.75) is 4.90 Å². The number of nitrogens with zero attached hydrogens (tertiary/aromatic N) is 1. The summed E-state index contributed by atoms with van der Waals surface area (Å²) < 4.78 is 33.5. The molecule has 0 bridgehead atoms. The van der Waals surface area contributed by atoms with E-state index in [4.69, 9.17) is 14.6 Å². The van der Waals surface area contributed by atoms with Gasteiger partial charge in [0.15, 0.2) is 0 Å². The van der Waals surface area contributed by atoms with Crippen LogP contribution in [0.2, 0.25) is 0 Å². The summed E-state index contributed by atoms with van der Waals surface area (Å²) in [7, 11) is -2.12. The van der Waals surface area contributed by atoms with Crippen LogP contribution in [-0.2, 0) is 10.0 Å². The lowest BCUT2D eigenvalue weighted by Crippen LogP contribution is -2.11. The molecule has 1 aromatic heterocycles. The summed E-state index contributed by atoms with van der Waals surface area (Å²) in [6, 6.07) is 13.1. The van der Waals surface area contributed by atoms with Gasteiger partial charge < -0.3 is 9.47 Å². The molecule has 2 N–H and O–H groups in total. The minimum atomic E-state index is -3.71. The second-order valence-corrected chi connectivity index (χ2v) is 6.37. The maximum absolute atomic E-state index is 11.3. The highest BCUT2D eigenvalue weighted by Crippen LogP contribution is 2.31. The number of primary sulfonamides is 1. The molecule has 0 atom stereocenters. The molecule has 0 aliphatic carbocycles. The Hall–Kier alpha value is -2.64. The Morgan fingerprint density at radius 3 is 2.35 bits per heavy atom. The van der Waals surface area contributed by atoms with E-state index in [1.54, 1.807) is 31.5 Å². The highest BCUT2D eigenvalue weighted by molar-refractivity contribution is 7.89. The lowest BCUT2D eigenvalue weighted by molar-refractivity contribution is 0.415. The normalized spacial score (nSPS) is 11.4. The fourth-order valence-corrected chi connectivity index (χ4v) is 2.66. The van der Waals surface area contributed by atoms with E-state index in [2.05, 4.69) is 4.98 Å². The molecule has 0 saturated carbocycles. The van der Waals surface area contributed by atoms with Crippen molar-refractivity contribution in [1.29, 1.82) is 0 Å². The Kier molecular flexibility index (Phi) is 3.89. The molecule has 3 rings (SSSR count). The first-order valence-electron chi connectivity index (χ1n) is 6.71. The second-order valence-electron chi connectivity index (χ2n) is 4.81. The quantitative estimate of drug-likeness (QED) is 0.794. The minimum absolute atomic E-state index is 0.0363. The van der Waals surface area contributed by atoms with E-state index in [-0.39, 0.29) is 4.90 Å². The average Bonchev–Trinajstić information content (AvgIpc) is 2.54. The first-order valence-corrected chi connectivity index (χ1v) is 8.25. The first kappa shape index (κ1) is 15.3. The fourth-order valence-electron chi connectivity index (χ4n) is 2.14. The van der Waals surface area contributed by atoms with Gasteiger partial charge in [-0.3, -0.25) is 4.98 Å². The third-order valence-electron chi connectivity index (χ3n) is 3.29. The number of ether oxygens (including phenoxy) is 2. The molecule has 0 spiro atoms. The Bertz CT molecular complexity index is 953. The molecule has 0 radical (unpaired) electrons. The van der Waals surface area contributed by atoms with Crippen molar-refractivity contribution in [3.8, 4) is 17.2 Å². The standard InChI is InChI=1S/C16H14N2O4S/c1-21-12-4-7-14-15(10-12)18-9-8-16(14)22-11-2-5-13(6-3-11)23(17,19)20/h2-10H,1H3,(H2,17,19,20). The molecular weight excluding hydrogens is 316 g/mol. The van der Waals surface area contributed by atoms with Gasteiger partial charge in [-0.05, 0) is 42.5 Å². The molecule has 0 saturated heterocycles. The van der Waals surface area contributed by atoms with Crippen molar-refractivity contribution in [3.63, 3.8) is 0 Å². The van der Waals surface area contributed by atoms with Crippen LogP contribution in [0.1, 0.15) is 0 Å². The molecule has 2 aromatic carbocycles. The maximum Gasteiger partial charge on any atom is 0.238 e. The molecule has 23 heavy (non-hydrogen) atoms. The van der Waals surface area contributed by atoms with Crippen LogP contribution in [0, 0.1) is 0 Å². The summed E-state index contributed by atoms with van der Waals surface area (Å²) in [5.41, 5.74) is 0.739. The molecule has 0 aliphatic rings. The van der Waals surface area contributed by atoms with Crippen LogP contribution in [-0.4, -0.2) is 20.5 Å². The molecule has 0 aliphatic heterocycles. The lowest BCUT2D eigenvalue weighted by atomic mass is 10.2. The van der Waals surface area contributed by atoms with E-state index >= 15 is 0 Å². The number of aromatic nitrogens is 1. The fraction of sp³-hybridized carbons (Fsp3) is 0.0625. The molecule has 0 fully saturated rings. The number of hydrogen-bond donors (Lipinski definition) is 1. The molecule has 3 aromatic rings. The number of sulfonamides is 1. The third-order valence-corrected chi connectivity index (χ3v) is 4.22. The Morgan fingerprint density at radius 2 is 1.70 bits per heavy atom. The largest absolute Gasteiger partial charge is 0.497 e. The summed E-state index contributed by atoms with van der Waals surface area (Å²) in [5, 5.41) is 5.90.